The van der Waals surface area contributed by atoms with Crippen LogP contribution in [0.5, 0.6) is 0 Å². The molecule has 0 saturated carbocycles. The standard InChI is InChI=1S/C15H22O5/c1-18-13-15(17)20-12-10-8-6-4-3-5-7-9-11-14(16)19-2/h3-6,8,10H,7,9,11-13H2,1-2H3/b5-3-,6-4+,10-8+. The van der Waals surface area contributed by atoms with Crippen LogP contribution in [0.15, 0.2) is 36.5 Å². The van der Waals surface area contributed by atoms with Gasteiger partial charge in [-0.1, -0.05) is 30.4 Å². The lowest BCUT2D eigenvalue weighted by Gasteiger charge is -1.98. The van der Waals surface area contributed by atoms with E-state index in [4.69, 9.17) is 4.74 Å². The summed E-state index contributed by atoms with van der Waals surface area (Å²) in [4.78, 5) is 21.7. The number of carbonyl (C=O) groups excluding carboxylic acids is 2. The lowest BCUT2D eigenvalue weighted by molar-refractivity contribution is -0.146. The third-order valence-electron chi connectivity index (χ3n) is 2.19. The van der Waals surface area contributed by atoms with E-state index in [1.165, 1.54) is 14.2 Å². The van der Waals surface area contributed by atoms with E-state index in [1.54, 1.807) is 12.2 Å². The highest BCUT2D eigenvalue weighted by Crippen LogP contribution is 1.98. The number of allylic oxidation sites excluding steroid dienone is 5. The molecule has 0 heterocycles. The quantitative estimate of drug-likeness (QED) is 0.349. The van der Waals surface area contributed by atoms with Crippen LogP contribution in [0.4, 0.5) is 0 Å². The number of esters is 2. The summed E-state index contributed by atoms with van der Waals surface area (Å²) < 4.78 is 14.0. The Kier molecular flexibility index (Phi) is 12.3. The summed E-state index contributed by atoms with van der Waals surface area (Å²) in [6.07, 6.45) is 13.2. The minimum atomic E-state index is -0.383. The Morgan fingerprint density at radius 3 is 2.30 bits per heavy atom. The molecule has 0 unspecified atom stereocenters. The van der Waals surface area contributed by atoms with E-state index in [-0.39, 0.29) is 25.2 Å². The number of hydrogen-bond acceptors (Lipinski definition) is 5. The van der Waals surface area contributed by atoms with E-state index in [0.29, 0.717) is 6.42 Å². The van der Waals surface area contributed by atoms with Crippen molar-refractivity contribution < 1.29 is 23.8 Å². The molecule has 0 aliphatic rings. The van der Waals surface area contributed by atoms with Gasteiger partial charge in [-0.25, -0.2) is 4.79 Å². The summed E-state index contributed by atoms with van der Waals surface area (Å²) in [6.45, 7) is 0.202. The van der Waals surface area contributed by atoms with Crippen LogP contribution in [-0.2, 0) is 23.8 Å². The van der Waals surface area contributed by atoms with Gasteiger partial charge in [-0.2, -0.15) is 0 Å². The maximum absolute atomic E-state index is 10.9. The molecule has 0 radical (unpaired) electrons. The molecule has 0 fully saturated rings. The van der Waals surface area contributed by atoms with E-state index in [1.807, 2.05) is 24.3 Å². The first kappa shape index (κ1) is 18.1. The minimum Gasteiger partial charge on any atom is -0.469 e. The highest BCUT2D eigenvalue weighted by atomic mass is 16.6. The summed E-state index contributed by atoms with van der Waals surface area (Å²) in [7, 11) is 2.83. The Hall–Kier alpha value is -1.88. The molecule has 5 nitrogen and oxygen atoms in total. The zero-order valence-electron chi connectivity index (χ0n) is 12.0. The van der Waals surface area contributed by atoms with Crippen LogP contribution in [0.2, 0.25) is 0 Å². The van der Waals surface area contributed by atoms with Gasteiger partial charge in [0.15, 0.2) is 0 Å². The predicted molar refractivity (Wildman–Crippen MR) is 76.1 cm³/mol. The van der Waals surface area contributed by atoms with E-state index in [2.05, 4.69) is 9.47 Å². The van der Waals surface area contributed by atoms with E-state index >= 15 is 0 Å². The van der Waals surface area contributed by atoms with Gasteiger partial charge in [0.2, 0.25) is 0 Å². The van der Waals surface area contributed by atoms with Crippen molar-refractivity contribution in [3.05, 3.63) is 36.5 Å². The van der Waals surface area contributed by atoms with Crippen molar-refractivity contribution in [1.29, 1.82) is 0 Å². The number of hydrogen-bond donors (Lipinski definition) is 0. The van der Waals surface area contributed by atoms with E-state index in [9.17, 15) is 9.59 Å². The Balaban J connectivity index is 3.55. The third kappa shape index (κ3) is 12.6. The minimum absolute atomic E-state index is 0.0298. The van der Waals surface area contributed by atoms with Gasteiger partial charge < -0.3 is 14.2 Å². The molecule has 0 amide bonds. The average Bonchev–Trinajstić information content (AvgIpc) is 2.44. The van der Waals surface area contributed by atoms with Crippen molar-refractivity contribution in [3.8, 4) is 0 Å². The zero-order valence-corrected chi connectivity index (χ0v) is 12.0. The number of unbranched alkanes of at least 4 members (excludes halogenated alkanes) is 1. The highest BCUT2D eigenvalue weighted by Gasteiger charge is 1.97. The molecular weight excluding hydrogens is 260 g/mol. The van der Waals surface area contributed by atoms with E-state index in [0.717, 1.165) is 12.8 Å². The predicted octanol–water partition coefficient (Wildman–Crippen LogP) is 2.19. The molecule has 0 atom stereocenters. The van der Waals surface area contributed by atoms with Gasteiger partial charge in [0.25, 0.3) is 0 Å². The first-order chi connectivity index (χ1) is 9.70. The van der Waals surface area contributed by atoms with Gasteiger partial charge in [0, 0.05) is 13.5 Å². The molecule has 0 aromatic carbocycles. The lowest BCUT2D eigenvalue weighted by Crippen LogP contribution is -2.10. The SMILES string of the molecule is COCC(=O)OC/C=C/C=C/C=C\CCCC(=O)OC. The lowest BCUT2D eigenvalue weighted by atomic mass is 10.2. The molecule has 0 N–H and O–H groups in total. The molecule has 0 saturated heterocycles. The van der Waals surface area contributed by atoms with Crippen molar-refractivity contribution in [1.82, 2.24) is 0 Å². The molecule has 0 rings (SSSR count). The Morgan fingerprint density at radius 1 is 0.950 bits per heavy atom. The van der Waals surface area contributed by atoms with Gasteiger partial charge in [-0.3, -0.25) is 4.79 Å². The maximum Gasteiger partial charge on any atom is 0.332 e. The van der Waals surface area contributed by atoms with Gasteiger partial charge in [-0.15, -0.1) is 0 Å². The number of carbonyl (C=O) groups is 2. The number of rotatable bonds is 10. The Morgan fingerprint density at radius 2 is 1.65 bits per heavy atom. The summed E-state index contributed by atoms with van der Waals surface area (Å²) in [6, 6.07) is 0. The van der Waals surface area contributed by atoms with Gasteiger partial charge >= 0.3 is 11.9 Å². The van der Waals surface area contributed by atoms with Crippen molar-refractivity contribution in [2.75, 3.05) is 27.4 Å². The third-order valence-corrected chi connectivity index (χ3v) is 2.19. The summed E-state index contributed by atoms with van der Waals surface area (Å²) in [5.74, 6) is -0.563. The van der Waals surface area contributed by atoms with Crippen molar-refractivity contribution in [2.45, 2.75) is 19.3 Å². The molecule has 112 valence electrons. The molecule has 5 heteroatoms. The van der Waals surface area contributed by atoms with Crippen molar-refractivity contribution in [3.63, 3.8) is 0 Å². The largest absolute Gasteiger partial charge is 0.469 e. The first-order valence-electron chi connectivity index (χ1n) is 6.40. The normalized spacial score (nSPS) is 11.5. The van der Waals surface area contributed by atoms with Crippen LogP contribution in [0.25, 0.3) is 0 Å². The molecule has 0 aromatic rings. The van der Waals surface area contributed by atoms with E-state index < -0.39 is 0 Å². The zero-order chi connectivity index (χ0) is 15.1. The fourth-order valence-corrected chi connectivity index (χ4v) is 1.20. The number of methoxy groups -OCH3 is 2. The summed E-state index contributed by atoms with van der Waals surface area (Å²) in [5.41, 5.74) is 0. The fraction of sp³-hybridized carbons (Fsp3) is 0.467. The van der Waals surface area contributed by atoms with Crippen molar-refractivity contribution >= 4 is 11.9 Å². The molecule has 0 aliphatic carbocycles. The van der Waals surface area contributed by atoms with Gasteiger partial charge in [-0.05, 0) is 18.9 Å². The van der Waals surface area contributed by atoms with Crippen LogP contribution in [-0.4, -0.2) is 39.4 Å². The van der Waals surface area contributed by atoms with Crippen molar-refractivity contribution in [2.24, 2.45) is 0 Å². The highest BCUT2D eigenvalue weighted by molar-refractivity contribution is 5.70. The average molecular weight is 282 g/mol. The van der Waals surface area contributed by atoms with Crippen LogP contribution in [0.1, 0.15) is 19.3 Å². The second-order valence-corrected chi connectivity index (χ2v) is 3.83. The molecule has 0 spiro atoms. The molecular formula is C15H22O5. The van der Waals surface area contributed by atoms with Crippen LogP contribution in [0.3, 0.4) is 0 Å². The second kappa shape index (κ2) is 13.5. The van der Waals surface area contributed by atoms with Crippen LogP contribution >= 0.6 is 0 Å². The van der Waals surface area contributed by atoms with Gasteiger partial charge in [0.1, 0.15) is 13.2 Å². The summed E-state index contributed by atoms with van der Waals surface area (Å²) >= 11 is 0. The molecule has 0 bridgehead atoms. The van der Waals surface area contributed by atoms with Crippen LogP contribution < -0.4 is 0 Å². The maximum atomic E-state index is 10.9. The van der Waals surface area contributed by atoms with Gasteiger partial charge in [0.05, 0.1) is 7.11 Å². The molecule has 20 heavy (non-hydrogen) atoms. The molecule has 0 aromatic heterocycles. The first-order valence-corrected chi connectivity index (χ1v) is 6.40. The Labute approximate surface area is 119 Å². The summed E-state index contributed by atoms with van der Waals surface area (Å²) in [5, 5.41) is 0. The Bertz CT molecular complexity index is 355. The topological polar surface area (TPSA) is 61.8 Å². The number of ether oxygens (including phenoxy) is 3. The smallest absolute Gasteiger partial charge is 0.332 e. The monoisotopic (exact) mass is 282 g/mol. The van der Waals surface area contributed by atoms with Crippen LogP contribution in [0, 0.1) is 0 Å². The fourth-order valence-electron chi connectivity index (χ4n) is 1.20. The molecule has 0 aliphatic heterocycles. The second-order valence-electron chi connectivity index (χ2n) is 3.83.